The number of ether oxygens (including phenoxy) is 1. The highest BCUT2D eigenvalue weighted by atomic mass is 16.5. The molecular formula is C24H36N2O2. The molecule has 1 unspecified atom stereocenters. The van der Waals surface area contributed by atoms with Crippen molar-refractivity contribution in [3.63, 3.8) is 0 Å². The Morgan fingerprint density at radius 3 is 2.75 bits per heavy atom. The van der Waals surface area contributed by atoms with E-state index in [1.165, 1.54) is 12.0 Å². The molecular weight excluding hydrogens is 348 g/mol. The number of hydrogen-bond acceptors (Lipinski definition) is 4. The summed E-state index contributed by atoms with van der Waals surface area (Å²) in [5.41, 5.74) is 2.02. The van der Waals surface area contributed by atoms with Gasteiger partial charge in [0.15, 0.2) is 0 Å². The van der Waals surface area contributed by atoms with Gasteiger partial charge >= 0.3 is 0 Å². The number of hydrogen-bond donors (Lipinski definition) is 2. The van der Waals surface area contributed by atoms with E-state index in [2.05, 4.69) is 25.7 Å². The minimum atomic E-state index is -0.305. The third-order valence-corrected chi connectivity index (χ3v) is 9.53. The number of rotatable bonds is 2. The molecule has 1 aliphatic heterocycles. The molecule has 154 valence electrons. The van der Waals surface area contributed by atoms with Gasteiger partial charge in [-0.2, -0.15) is 0 Å². The molecule has 1 heterocycles. The van der Waals surface area contributed by atoms with Gasteiger partial charge in [0, 0.05) is 30.0 Å². The van der Waals surface area contributed by atoms with E-state index in [0.29, 0.717) is 53.3 Å². The Hall–Kier alpha value is -1.00. The van der Waals surface area contributed by atoms with E-state index in [4.69, 9.17) is 10.1 Å². The Labute approximate surface area is 169 Å². The lowest BCUT2D eigenvalue weighted by atomic mass is 9.44. The Morgan fingerprint density at radius 1 is 1.18 bits per heavy atom. The second-order valence-electron chi connectivity index (χ2n) is 10.9. The van der Waals surface area contributed by atoms with Crippen LogP contribution in [-0.4, -0.2) is 36.8 Å². The summed E-state index contributed by atoms with van der Waals surface area (Å²) in [6.45, 7) is 11.3. The SMILES string of the molecule is C=C1C[C@H]2CC(O[C@@H]3CCNC3)CC[C@]2(C)[C@H]2CC[C@]3(C)C(=O)CC(=N)[C@H]3[C@H]12. The van der Waals surface area contributed by atoms with Crippen LogP contribution in [0.2, 0.25) is 0 Å². The summed E-state index contributed by atoms with van der Waals surface area (Å²) in [5.74, 6) is 1.99. The molecule has 4 aliphatic carbocycles. The molecule has 1 saturated heterocycles. The molecule has 28 heavy (non-hydrogen) atoms. The van der Waals surface area contributed by atoms with E-state index in [1.54, 1.807) is 0 Å². The minimum absolute atomic E-state index is 0.113. The largest absolute Gasteiger partial charge is 0.374 e. The van der Waals surface area contributed by atoms with Crippen LogP contribution in [0.3, 0.4) is 0 Å². The maximum atomic E-state index is 12.7. The third-order valence-electron chi connectivity index (χ3n) is 9.53. The van der Waals surface area contributed by atoms with Crippen LogP contribution >= 0.6 is 0 Å². The van der Waals surface area contributed by atoms with Gasteiger partial charge in [-0.25, -0.2) is 0 Å². The zero-order chi connectivity index (χ0) is 19.7. The van der Waals surface area contributed by atoms with Crippen molar-refractivity contribution in [1.82, 2.24) is 5.32 Å². The molecule has 4 saturated carbocycles. The topological polar surface area (TPSA) is 62.2 Å². The molecule has 0 aromatic carbocycles. The van der Waals surface area contributed by atoms with Crippen LogP contribution in [-0.2, 0) is 9.53 Å². The first-order valence-corrected chi connectivity index (χ1v) is 11.5. The van der Waals surface area contributed by atoms with Crippen molar-refractivity contribution in [3.05, 3.63) is 12.2 Å². The fourth-order valence-electron chi connectivity index (χ4n) is 7.86. The number of allylic oxidation sites excluding steroid dienone is 1. The highest BCUT2D eigenvalue weighted by molar-refractivity contribution is 6.12. The number of nitrogens with one attached hydrogen (secondary N) is 2. The van der Waals surface area contributed by atoms with Crippen LogP contribution in [0.1, 0.15) is 65.2 Å². The highest BCUT2D eigenvalue weighted by Crippen LogP contribution is 2.66. The summed E-state index contributed by atoms with van der Waals surface area (Å²) >= 11 is 0. The number of fused-ring (bicyclic) bond motifs is 5. The summed E-state index contributed by atoms with van der Waals surface area (Å²) in [4.78, 5) is 12.7. The maximum absolute atomic E-state index is 12.7. The van der Waals surface area contributed by atoms with Gasteiger partial charge in [-0.3, -0.25) is 4.79 Å². The average molecular weight is 385 g/mol. The lowest BCUT2D eigenvalue weighted by Gasteiger charge is -2.60. The van der Waals surface area contributed by atoms with Crippen molar-refractivity contribution in [3.8, 4) is 0 Å². The maximum Gasteiger partial charge on any atom is 0.145 e. The molecule has 0 aromatic rings. The fourth-order valence-corrected chi connectivity index (χ4v) is 7.86. The fraction of sp³-hybridized carbons (Fsp3) is 0.833. The summed E-state index contributed by atoms with van der Waals surface area (Å²) in [6, 6.07) is 0. The molecule has 4 nitrogen and oxygen atoms in total. The molecule has 2 N–H and O–H groups in total. The van der Waals surface area contributed by atoms with Gasteiger partial charge in [-0.05, 0) is 74.7 Å². The van der Waals surface area contributed by atoms with Crippen molar-refractivity contribution in [2.24, 2.45) is 34.5 Å². The molecule has 4 heteroatoms. The Bertz CT molecular complexity index is 711. The first-order chi connectivity index (χ1) is 13.3. The van der Waals surface area contributed by atoms with Gasteiger partial charge in [0.2, 0.25) is 0 Å². The van der Waals surface area contributed by atoms with E-state index in [-0.39, 0.29) is 11.3 Å². The lowest BCUT2D eigenvalue weighted by Crippen LogP contribution is -2.55. The van der Waals surface area contributed by atoms with Crippen LogP contribution in [0.4, 0.5) is 0 Å². The first kappa shape index (κ1) is 19.0. The number of carbonyl (C=O) groups is 1. The predicted molar refractivity (Wildman–Crippen MR) is 111 cm³/mol. The van der Waals surface area contributed by atoms with Crippen LogP contribution in [0, 0.1) is 39.9 Å². The lowest BCUT2D eigenvalue weighted by molar-refractivity contribution is -0.137. The quantitative estimate of drug-likeness (QED) is 0.703. The van der Waals surface area contributed by atoms with Gasteiger partial charge < -0.3 is 15.5 Å². The molecule has 8 atom stereocenters. The van der Waals surface area contributed by atoms with Crippen molar-refractivity contribution in [2.45, 2.75) is 77.4 Å². The summed E-state index contributed by atoms with van der Waals surface area (Å²) in [6.07, 6.45) is 9.02. The number of ketones is 1. The summed E-state index contributed by atoms with van der Waals surface area (Å²) in [5, 5.41) is 12.0. The van der Waals surface area contributed by atoms with E-state index >= 15 is 0 Å². The second kappa shape index (κ2) is 6.50. The third kappa shape index (κ3) is 2.63. The van der Waals surface area contributed by atoms with Crippen molar-refractivity contribution < 1.29 is 9.53 Å². The molecule has 0 bridgehead atoms. The molecule has 5 rings (SSSR count). The van der Waals surface area contributed by atoms with E-state index < -0.39 is 0 Å². The van der Waals surface area contributed by atoms with Gasteiger partial charge in [0.25, 0.3) is 0 Å². The number of carbonyl (C=O) groups excluding carboxylic acids is 1. The zero-order valence-corrected chi connectivity index (χ0v) is 17.6. The van der Waals surface area contributed by atoms with E-state index in [1.807, 2.05) is 0 Å². The van der Waals surface area contributed by atoms with E-state index in [0.717, 1.165) is 51.6 Å². The van der Waals surface area contributed by atoms with Crippen LogP contribution < -0.4 is 5.32 Å². The molecule has 0 aromatic heterocycles. The van der Waals surface area contributed by atoms with Crippen LogP contribution in [0.15, 0.2) is 12.2 Å². The number of Topliss-reactive ketones (excluding diaryl/α,β-unsaturated/α-hetero) is 1. The zero-order valence-electron chi connectivity index (χ0n) is 17.6. The van der Waals surface area contributed by atoms with Crippen LogP contribution in [0.25, 0.3) is 0 Å². The normalized spacial score (nSPS) is 51.0. The van der Waals surface area contributed by atoms with Gasteiger partial charge in [0.1, 0.15) is 5.78 Å². The Morgan fingerprint density at radius 2 is 2.00 bits per heavy atom. The highest BCUT2D eigenvalue weighted by Gasteiger charge is 2.63. The Kier molecular flexibility index (Phi) is 4.41. The monoisotopic (exact) mass is 384 g/mol. The summed E-state index contributed by atoms with van der Waals surface area (Å²) < 4.78 is 6.46. The molecule has 5 fully saturated rings. The Balaban J connectivity index is 1.38. The van der Waals surface area contributed by atoms with Gasteiger partial charge in [-0.15, -0.1) is 0 Å². The standard InChI is InChI=1S/C24H36N2O2/c1-14-10-15-11-16(28-17-6-9-26-13-17)4-7-23(15,2)18-5-8-24(3)20(27)12-19(25)22(24)21(14)18/h15-18,21-22,25-26H,1,4-13H2,2-3H3/t15-,16?,17+,18-,21+,22-,23-,24+/m0/s1. The second-order valence-corrected chi connectivity index (χ2v) is 10.9. The molecule has 5 aliphatic rings. The van der Waals surface area contributed by atoms with Crippen LogP contribution in [0.5, 0.6) is 0 Å². The smallest absolute Gasteiger partial charge is 0.145 e. The van der Waals surface area contributed by atoms with Crippen molar-refractivity contribution in [1.29, 1.82) is 5.41 Å². The van der Waals surface area contributed by atoms with Crippen molar-refractivity contribution >= 4 is 11.5 Å². The average Bonchev–Trinajstić information content (AvgIpc) is 3.23. The summed E-state index contributed by atoms with van der Waals surface area (Å²) in [7, 11) is 0. The van der Waals surface area contributed by atoms with Crippen molar-refractivity contribution in [2.75, 3.05) is 13.1 Å². The van der Waals surface area contributed by atoms with Gasteiger partial charge in [-0.1, -0.05) is 26.0 Å². The minimum Gasteiger partial charge on any atom is -0.374 e. The first-order valence-electron chi connectivity index (χ1n) is 11.5. The molecule has 0 radical (unpaired) electrons. The van der Waals surface area contributed by atoms with Gasteiger partial charge in [0.05, 0.1) is 12.2 Å². The van der Waals surface area contributed by atoms with E-state index in [9.17, 15) is 4.79 Å². The molecule has 0 amide bonds. The predicted octanol–water partition coefficient (Wildman–Crippen LogP) is 4.14. The molecule has 0 spiro atoms.